The van der Waals surface area contributed by atoms with Crippen molar-refractivity contribution in [3.05, 3.63) is 60.3 Å². The Morgan fingerprint density at radius 2 is 2.26 bits per heavy atom. The van der Waals surface area contributed by atoms with Crippen LogP contribution in [0.1, 0.15) is 24.5 Å². The molecule has 2 atom stereocenters. The summed E-state index contributed by atoms with van der Waals surface area (Å²) >= 11 is 0. The minimum Gasteiger partial charge on any atom is -0.497 e. The van der Waals surface area contributed by atoms with Gasteiger partial charge in [-0.2, -0.15) is 0 Å². The van der Waals surface area contributed by atoms with Crippen molar-refractivity contribution in [3.8, 4) is 5.75 Å². The van der Waals surface area contributed by atoms with Crippen LogP contribution in [0.15, 0.2) is 59.8 Å². The molecular weight excluding hydrogens is 288 g/mol. The Bertz CT molecular complexity index is 780. The highest BCUT2D eigenvalue weighted by Gasteiger charge is 2.22. The second kappa shape index (κ2) is 6.75. The molecule has 23 heavy (non-hydrogen) atoms. The molecule has 0 spiro atoms. The molecule has 3 rings (SSSR count). The van der Waals surface area contributed by atoms with Gasteiger partial charge in [0.05, 0.1) is 18.7 Å². The third kappa shape index (κ3) is 3.17. The maximum Gasteiger partial charge on any atom is 0.119 e. The van der Waals surface area contributed by atoms with Crippen molar-refractivity contribution >= 4 is 17.1 Å². The number of benzene rings is 1. The second-order valence-corrected chi connectivity index (χ2v) is 5.56. The van der Waals surface area contributed by atoms with E-state index in [1.807, 2.05) is 24.3 Å². The predicted molar refractivity (Wildman–Crippen MR) is 93.0 cm³/mol. The van der Waals surface area contributed by atoms with Gasteiger partial charge in [0.15, 0.2) is 0 Å². The monoisotopic (exact) mass is 308 g/mol. The summed E-state index contributed by atoms with van der Waals surface area (Å²) in [4.78, 5) is 8.89. The lowest BCUT2D eigenvalue weighted by Gasteiger charge is -2.20. The third-order valence-corrected chi connectivity index (χ3v) is 4.16. The van der Waals surface area contributed by atoms with Gasteiger partial charge in [0.2, 0.25) is 0 Å². The van der Waals surface area contributed by atoms with E-state index in [9.17, 15) is 5.11 Å². The number of hydrogen-bond donors (Lipinski definition) is 1. The van der Waals surface area contributed by atoms with Gasteiger partial charge in [-0.05, 0) is 48.2 Å². The molecule has 0 aliphatic carbocycles. The van der Waals surface area contributed by atoms with E-state index in [1.165, 1.54) is 0 Å². The van der Waals surface area contributed by atoms with Crippen molar-refractivity contribution in [2.45, 2.75) is 25.0 Å². The molecule has 0 fully saturated rings. The summed E-state index contributed by atoms with van der Waals surface area (Å²) in [6, 6.07) is 7.36. The van der Waals surface area contributed by atoms with Gasteiger partial charge in [0.1, 0.15) is 11.9 Å². The van der Waals surface area contributed by atoms with Gasteiger partial charge in [-0.1, -0.05) is 18.7 Å². The Morgan fingerprint density at radius 1 is 1.39 bits per heavy atom. The summed E-state index contributed by atoms with van der Waals surface area (Å²) in [6.45, 7) is 3.77. The Morgan fingerprint density at radius 3 is 3.04 bits per heavy atom. The molecule has 0 saturated heterocycles. The smallest absolute Gasteiger partial charge is 0.119 e. The Kier molecular flexibility index (Phi) is 4.53. The van der Waals surface area contributed by atoms with Gasteiger partial charge in [-0.3, -0.25) is 9.98 Å². The minimum absolute atomic E-state index is 0.180. The first-order valence-corrected chi connectivity index (χ1v) is 7.69. The molecular formula is C19H20N2O2. The number of aliphatic hydroxyl groups is 1. The summed E-state index contributed by atoms with van der Waals surface area (Å²) in [7, 11) is 1.63. The molecule has 1 aromatic carbocycles. The molecule has 2 heterocycles. The maximum absolute atomic E-state index is 10.9. The number of nitrogens with zero attached hydrogens (tertiary/aromatic N) is 2. The van der Waals surface area contributed by atoms with Crippen LogP contribution < -0.4 is 4.74 Å². The van der Waals surface area contributed by atoms with E-state index in [0.717, 1.165) is 40.6 Å². The van der Waals surface area contributed by atoms with Crippen molar-refractivity contribution in [1.82, 2.24) is 4.98 Å². The van der Waals surface area contributed by atoms with Crippen LogP contribution in [0.4, 0.5) is 0 Å². The molecule has 0 bridgehead atoms. The maximum atomic E-state index is 10.9. The lowest BCUT2D eigenvalue weighted by atomic mass is 9.96. The lowest BCUT2D eigenvalue weighted by Crippen LogP contribution is -2.16. The molecule has 0 unspecified atom stereocenters. The SMILES string of the molecule is C=CC1=CCC[C@@H]([C@H](O)c2ccnc3ccc(OC)cc23)N=C1. The Labute approximate surface area is 135 Å². The number of rotatable bonds is 4. The zero-order valence-electron chi connectivity index (χ0n) is 13.1. The molecule has 4 nitrogen and oxygen atoms in total. The van der Waals surface area contributed by atoms with Crippen LogP contribution in [0, 0.1) is 0 Å². The normalized spacial score (nSPS) is 19.0. The topological polar surface area (TPSA) is 54.7 Å². The van der Waals surface area contributed by atoms with Gasteiger partial charge < -0.3 is 9.84 Å². The summed E-state index contributed by atoms with van der Waals surface area (Å²) in [6.07, 6.45) is 8.38. The van der Waals surface area contributed by atoms with E-state index in [1.54, 1.807) is 25.6 Å². The van der Waals surface area contributed by atoms with Crippen LogP contribution in [-0.2, 0) is 0 Å². The molecule has 1 aromatic heterocycles. The number of aromatic nitrogens is 1. The van der Waals surface area contributed by atoms with Crippen LogP contribution in [0.5, 0.6) is 5.75 Å². The molecule has 4 heteroatoms. The number of ether oxygens (including phenoxy) is 1. The van der Waals surface area contributed by atoms with Crippen molar-refractivity contribution < 1.29 is 9.84 Å². The van der Waals surface area contributed by atoms with Crippen molar-refractivity contribution in [2.24, 2.45) is 4.99 Å². The van der Waals surface area contributed by atoms with Crippen LogP contribution in [-0.4, -0.2) is 29.5 Å². The molecule has 2 aromatic rings. The van der Waals surface area contributed by atoms with Gasteiger partial charge >= 0.3 is 0 Å². The number of allylic oxidation sites excluding steroid dienone is 3. The highest BCUT2D eigenvalue weighted by Crippen LogP contribution is 2.31. The average molecular weight is 308 g/mol. The predicted octanol–water partition coefficient (Wildman–Crippen LogP) is 3.62. The molecule has 0 saturated carbocycles. The van der Waals surface area contributed by atoms with E-state index in [0.29, 0.717) is 0 Å². The average Bonchev–Trinajstić information content (AvgIpc) is 2.85. The quantitative estimate of drug-likeness (QED) is 0.938. The van der Waals surface area contributed by atoms with E-state index in [4.69, 9.17) is 4.74 Å². The van der Waals surface area contributed by atoms with E-state index >= 15 is 0 Å². The highest BCUT2D eigenvalue weighted by atomic mass is 16.5. The number of hydrogen-bond acceptors (Lipinski definition) is 4. The van der Waals surface area contributed by atoms with E-state index in [-0.39, 0.29) is 6.04 Å². The van der Waals surface area contributed by atoms with Crippen molar-refractivity contribution in [2.75, 3.05) is 7.11 Å². The number of fused-ring (bicyclic) bond motifs is 1. The van der Waals surface area contributed by atoms with Gasteiger partial charge in [0, 0.05) is 17.8 Å². The molecule has 1 N–H and O–H groups in total. The van der Waals surface area contributed by atoms with Crippen LogP contribution in [0.2, 0.25) is 0 Å². The van der Waals surface area contributed by atoms with Gasteiger partial charge in [-0.15, -0.1) is 0 Å². The summed E-state index contributed by atoms with van der Waals surface area (Å²) in [5.74, 6) is 0.749. The van der Waals surface area contributed by atoms with E-state index in [2.05, 4.69) is 22.6 Å². The molecule has 118 valence electrons. The van der Waals surface area contributed by atoms with E-state index < -0.39 is 6.10 Å². The van der Waals surface area contributed by atoms with Crippen molar-refractivity contribution in [3.63, 3.8) is 0 Å². The standard InChI is InChI=1S/C19H20N2O2/c1-3-13-5-4-6-18(21-12-13)19(22)15-9-10-20-17-8-7-14(23-2)11-16(15)17/h3,5,7-12,18-19,22H,1,4,6H2,2H3/t18-,19+/m0/s1. The Hall–Kier alpha value is -2.46. The lowest BCUT2D eigenvalue weighted by molar-refractivity contribution is 0.145. The Balaban J connectivity index is 1.97. The highest BCUT2D eigenvalue weighted by molar-refractivity contribution is 5.84. The first kappa shape index (κ1) is 15.4. The summed E-state index contributed by atoms with van der Waals surface area (Å²) < 4.78 is 5.29. The fraction of sp³-hybridized carbons (Fsp3) is 0.263. The molecule has 0 radical (unpaired) electrons. The zero-order chi connectivity index (χ0) is 16.2. The molecule has 0 amide bonds. The third-order valence-electron chi connectivity index (χ3n) is 4.16. The summed E-state index contributed by atoms with van der Waals surface area (Å²) in [5.41, 5.74) is 2.67. The number of pyridine rings is 1. The van der Waals surface area contributed by atoms with Crippen LogP contribution >= 0.6 is 0 Å². The molecule has 1 aliphatic heterocycles. The van der Waals surface area contributed by atoms with Gasteiger partial charge in [-0.25, -0.2) is 0 Å². The first-order valence-electron chi connectivity index (χ1n) is 7.69. The number of aliphatic imine (C=N–C) groups is 1. The zero-order valence-corrected chi connectivity index (χ0v) is 13.1. The largest absolute Gasteiger partial charge is 0.497 e. The summed E-state index contributed by atoms with van der Waals surface area (Å²) in [5, 5.41) is 11.8. The minimum atomic E-state index is -0.679. The number of aliphatic hydroxyl groups excluding tert-OH is 1. The first-order chi connectivity index (χ1) is 11.2. The number of methoxy groups -OCH3 is 1. The van der Waals surface area contributed by atoms with Crippen molar-refractivity contribution in [1.29, 1.82) is 0 Å². The second-order valence-electron chi connectivity index (χ2n) is 5.56. The fourth-order valence-corrected chi connectivity index (χ4v) is 2.84. The molecule has 1 aliphatic rings. The van der Waals surface area contributed by atoms with Crippen LogP contribution in [0.25, 0.3) is 10.9 Å². The fourth-order valence-electron chi connectivity index (χ4n) is 2.84. The van der Waals surface area contributed by atoms with Crippen LogP contribution in [0.3, 0.4) is 0 Å². The van der Waals surface area contributed by atoms with Gasteiger partial charge in [0.25, 0.3) is 0 Å².